The number of hydrogen-bond donors (Lipinski definition) is 0. The molecule has 0 atom stereocenters. The van der Waals surface area contributed by atoms with E-state index >= 15 is 0 Å². The van der Waals surface area contributed by atoms with Crippen LogP contribution in [0, 0.1) is 0 Å². The van der Waals surface area contributed by atoms with Crippen LogP contribution in [0.15, 0.2) is 60.7 Å². The molecule has 0 N–H and O–H groups in total. The average Bonchev–Trinajstić information content (AvgIpc) is 2.88. The van der Waals surface area contributed by atoms with E-state index in [2.05, 4.69) is 47.4 Å². The van der Waals surface area contributed by atoms with Gasteiger partial charge in [0.15, 0.2) is 0 Å². The first-order valence-corrected chi connectivity index (χ1v) is 11.5. The predicted molar refractivity (Wildman–Crippen MR) is 130 cm³/mol. The van der Waals surface area contributed by atoms with E-state index in [0.29, 0.717) is 43.4 Å². The number of ether oxygens (including phenoxy) is 3. The van der Waals surface area contributed by atoms with Gasteiger partial charge in [-0.2, -0.15) is 0 Å². The summed E-state index contributed by atoms with van der Waals surface area (Å²) in [5, 5.41) is 2.54. The Bertz CT molecular complexity index is 1080. The molecule has 1 amide bonds. The van der Waals surface area contributed by atoms with E-state index in [0.717, 1.165) is 26.1 Å². The van der Waals surface area contributed by atoms with Gasteiger partial charge in [-0.3, -0.25) is 9.69 Å². The van der Waals surface area contributed by atoms with E-state index < -0.39 is 0 Å². The Kier molecular flexibility index (Phi) is 7.81. The Hall–Kier alpha value is -3.09. The summed E-state index contributed by atoms with van der Waals surface area (Å²) in [7, 11) is 3.17. The Labute approximate surface area is 195 Å². The largest absolute Gasteiger partial charge is 0.497 e. The highest BCUT2D eigenvalue weighted by Gasteiger charge is 2.24. The summed E-state index contributed by atoms with van der Waals surface area (Å²) in [6.07, 6.45) is 0.913. The van der Waals surface area contributed by atoms with Gasteiger partial charge in [-0.1, -0.05) is 42.5 Å². The summed E-state index contributed by atoms with van der Waals surface area (Å²) in [5.74, 6) is 1.22. The monoisotopic (exact) mass is 448 g/mol. The average molecular weight is 449 g/mol. The van der Waals surface area contributed by atoms with Crippen LogP contribution in [-0.4, -0.2) is 75.9 Å². The molecule has 1 fully saturated rings. The molecule has 6 heteroatoms. The molecule has 3 aromatic rings. The molecule has 0 aliphatic carbocycles. The summed E-state index contributed by atoms with van der Waals surface area (Å²) in [5.41, 5.74) is 1.87. The van der Waals surface area contributed by atoms with Crippen molar-refractivity contribution in [1.82, 2.24) is 9.80 Å². The summed E-state index contributed by atoms with van der Waals surface area (Å²) in [4.78, 5) is 17.2. The Balaban J connectivity index is 1.18. The first-order valence-electron chi connectivity index (χ1n) is 11.5. The third kappa shape index (κ3) is 5.83. The van der Waals surface area contributed by atoms with Crippen LogP contribution in [0.4, 0.5) is 0 Å². The molecule has 1 heterocycles. The van der Waals surface area contributed by atoms with E-state index in [1.165, 1.54) is 16.3 Å². The van der Waals surface area contributed by atoms with Gasteiger partial charge in [0.05, 0.1) is 33.0 Å². The lowest BCUT2D eigenvalue weighted by molar-refractivity contribution is 0.0552. The van der Waals surface area contributed by atoms with Crippen molar-refractivity contribution in [3.63, 3.8) is 0 Å². The first-order chi connectivity index (χ1) is 16.2. The SMILES string of the molecule is COc1ccc(C(=O)N2CCN(CCOCCc3ccc4ccccc4c3)CC2)c(OC)c1. The van der Waals surface area contributed by atoms with Gasteiger partial charge in [0.1, 0.15) is 11.5 Å². The van der Waals surface area contributed by atoms with Gasteiger partial charge < -0.3 is 19.1 Å². The lowest BCUT2D eigenvalue weighted by Crippen LogP contribution is -2.49. The fraction of sp³-hybridized carbons (Fsp3) is 0.370. The van der Waals surface area contributed by atoms with Crippen molar-refractivity contribution < 1.29 is 19.0 Å². The van der Waals surface area contributed by atoms with E-state index in [4.69, 9.17) is 14.2 Å². The molecule has 4 rings (SSSR count). The van der Waals surface area contributed by atoms with Crippen molar-refractivity contribution in [2.45, 2.75) is 6.42 Å². The topological polar surface area (TPSA) is 51.2 Å². The fourth-order valence-corrected chi connectivity index (χ4v) is 4.20. The van der Waals surface area contributed by atoms with E-state index in [-0.39, 0.29) is 5.91 Å². The number of hydrogen-bond acceptors (Lipinski definition) is 5. The number of nitrogens with zero attached hydrogens (tertiary/aromatic N) is 2. The summed E-state index contributed by atoms with van der Waals surface area (Å²) in [6.45, 7) is 5.39. The number of piperazine rings is 1. The third-order valence-electron chi connectivity index (χ3n) is 6.20. The molecule has 1 aliphatic heterocycles. The van der Waals surface area contributed by atoms with Crippen LogP contribution in [0.3, 0.4) is 0 Å². The molecule has 0 saturated carbocycles. The van der Waals surface area contributed by atoms with Gasteiger partial charge in [-0.05, 0) is 34.9 Å². The number of amides is 1. The number of fused-ring (bicyclic) bond motifs is 1. The van der Waals surface area contributed by atoms with Crippen molar-refractivity contribution in [1.29, 1.82) is 0 Å². The molecule has 0 spiro atoms. The molecule has 6 nitrogen and oxygen atoms in total. The Morgan fingerprint density at radius 1 is 0.848 bits per heavy atom. The molecule has 3 aromatic carbocycles. The van der Waals surface area contributed by atoms with Gasteiger partial charge in [-0.25, -0.2) is 0 Å². The van der Waals surface area contributed by atoms with Crippen molar-refractivity contribution in [3.05, 3.63) is 71.8 Å². The summed E-state index contributed by atoms with van der Waals surface area (Å²) in [6, 6.07) is 20.3. The molecule has 0 bridgehead atoms. The normalized spacial score (nSPS) is 14.4. The van der Waals surface area contributed by atoms with Crippen LogP contribution in [0.5, 0.6) is 11.5 Å². The number of benzene rings is 3. The minimum Gasteiger partial charge on any atom is -0.497 e. The van der Waals surface area contributed by atoms with Gasteiger partial charge in [0.2, 0.25) is 0 Å². The molecule has 0 unspecified atom stereocenters. The minimum absolute atomic E-state index is 0.000730. The second kappa shape index (κ2) is 11.2. The molecule has 1 aliphatic rings. The van der Waals surface area contributed by atoms with Crippen LogP contribution >= 0.6 is 0 Å². The van der Waals surface area contributed by atoms with Gasteiger partial charge in [0.25, 0.3) is 5.91 Å². The Morgan fingerprint density at radius 3 is 2.39 bits per heavy atom. The van der Waals surface area contributed by atoms with Crippen LogP contribution in [0.2, 0.25) is 0 Å². The maximum atomic E-state index is 13.0. The zero-order valence-electron chi connectivity index (χ0n) is 19.5. The highest BCUT2D eigenvalue weighted by Crippen LogP contribution is 2.26. The summed E-state index contributed by atoms with van der Waals surface area (Å²) < 4.78 is 16.5. The number of carbonyl (C=O) groups excluding carboxylic acids is 1. The molecule has 174 valence electrons. The molecular formula is C27H32N2O4. The smallest absolute Gasteiger partial charge is 0.257 e. The van der Waals surface area contributed by atoms with E-state index in [1.807, 2.05) is 4.90 Å². The van der Waals surface area contributed by atoms with Crippen LogP contribution in [-0.2, 0) is 11.2 Å². The lowest BCUT2D eigenvalue weighted by atomic mass is 10.1. The highest BCUT2D eigenvalue weighted by atomic mass is 16.5. The zero-order chi connectivity index (χ0) is 23.0. The molecule has 0 aromatic heterocycles. The van der Waals surface area contributed by atoms with Crippen LogP contribution < -0.4 is 9.47 Å². The standard InChI is InChI=1S/C27H32N2O4/c1-31-24-9-10-25(26(20-24)32-2)27(30)29-14-12-28(13-15-29)16-18-33-17-11-21-7-8-22-5-3-4-6-23(22)19-21/h3-10,19-20H,11-18H2,1-2H3. The number of carbonyl (C=O) groups is 1. The molecule has 1 saturated heterocycles. The van der Waals surface area contributed by atoms with Gasteiger partial charge in [-0.15, -0.1) is 0 Å². The van der Waals surface area contributed by atoms with Crippen molar-refractivity contribution >= 4 is 16.7 Å². The van der Waals surface area contributed by atoms with Crippen molar-refractivity contribution in [2.24, 2.45) is 0 Å². The zero-order valence-corrected chi connectivity index (χ0v) is 19.5. The van der Waals surface area contributed by atoms with Crippen molar-refractivity contribution in [2.75, 3.05) is 60.2 Å². The van der Waals surface area contributed by atoms with Gasteiger partial charge >= 0.3 is 0 Å². The van der Waals surface area contributed by atoms with Gasteiger partial charge in [0, 0.05) is 38.8 Å². The highest BCUT2D eigenvalue weighted by molar-refractivity contribution is 5.97. The maximum absolute atomic E-state index is 13.0. The van der Waals surface area contributed by atoms with E-state index in [1.54, 1.807) is 32.4 Å². The minimum atomic E-state index is 0.000730. The molecule has 0 radical (unpaired) electrons. The van der Waals surface area contributed by atoms with Crippen molar-refractivity contribution in [3.8, 4) is 11.5 Å². The molecular weight excluding hydrogens is 416 g/mol. The fourth-order valence-electron chi connectivity index (χ4n) is 4.20. The van der Waals surface area contributed by atoms with Crippen LogP contribution in [0.1, 0.15) is 15.9 Å². The number of methoxy groups -OCH3 is 2. The third-order valence-corrected chi connectivity index (χ3v) is 6.20. The first kappa shape index (κ1) is 23.1. The second-order valence-electron chi connectivity index (χ2n) is 8.24. The maximum Gasteiger partial charge on any atom is 0.257 e. The predicted octanol–water partition coefficient (Wildman–Crippen LogP) is 3.87. The number of rotatable bonds is 9. The van der Waals surface area contributed by atoms with E-state index in [9.17, 15) is 4.79 Å². The second-order valence-corrected chi connectivity index (χ2v) is 8.24. The lowest BCUT2D eigenvalue weighted by Gasteiger charge is -2.34. The molecule has 33 heavy (non-hydrogen) atoms. The van der Waals surface area contributed by atoms with Crippen LogP contribution in [0.25, 0.3) is 10.8 Å². The Morgan fingerprint density at radius 2 is 1.64 bits per heavy atom. The quantitative estimate of drug-likeness (QED) is 0.465. The summed E-state index contributed by atoms with van der Waals surface area (Å²) >= 11 is 0.